The molecule has 0 saturated heterocycles. The summed E-state index contributed by atoms with van der Waals surface area (Å²) in [6, 6.07) is 6.50. The van der Waals surface area contributed by atoms with Crippen LogP contribution in [0.3, 0.4) is 0 Å². The van der Waals surface area contributed by atoms with Crippen molar-refractivity contribution in [2.24, 2.45) is 0 Å². The summed E-state index contributed by atoms with van der Waals surface area (Å²) in [6.45, 7) is 4.43. The standard InChI is InChI=1S/C13H20BrNS/c1-11-4-5-13(14)10-12(11)6-8-15(2)7-3-9-16/h4-5,10,16H,3,6-9H2,1-2H3. The van der Waals surface area contributed by atoms with Crippen LogP contribution in [-0.2, 0) is 6.42 Å². The molecule has 1 rings (SSSR count). The van der Waals surface area contributed by atoms with E-state index in [1.54, 1.807) is 0 Å². The molecule has 0 aliphatic heterocycles. The Balaban J connectivity index is 2.44. The smallest absolute Gasteiger partial charge is 0.0178 e. The lowest BCUT2D eigenvalue weighted by Crippen LogP contribution is -2.22. The number of benzene rings is 1. The minimum Gasteiger partial charge on any atom is -0.306 e. The van der Waals surface area contributed by atoms with Crippen molar-refractivity contribution in [1.29, 1.82) is 0 Å². The first-order valence-corrected chi connectivity index (χ1v) is 7.10. The van der Waals surface area contributed by atoms with Crippen LogP contribution in [0.5, 0.6) is 0 Å². The van der Waals surface area contributed by atoms with E-state index in [4.69, 9.17) is 0 Å². The zero-order valence-corrected chi connectivity index (χ0v) is 12.5. The second-order valence-corrected chi connectivity index (χ2v) is 5.56. The predicted octanol–water partition coefficient (Wildman–Crippen LogP) is 3.55. The van der Waals surface area contributed by atoms with Crippen LogP contribution in [0.1, 0.15) is 17.5 Å². The van der Waals surface area contributed by atoms with Crippen LogP contribution in [0.15, 0.2) is 22.7 Å². The molecule has 0 unspecified atom stereocenters. The first kappa shape index (κ1) is 14.1. The maximum Gasteiger partial charge on any atom is 0.0178 e. The molecule has 0 saturated carbocycles. The summed E-state index contributed by atoms with van der Waals surface area (Å²) in [6.07, 6.45) is 2.28. The van der Waals surface area contributed by atoms with Crippen molar-refractivity contribution < 1.29 is 0 Å². The number of likely N-dealkylation sites (N-methyl/N-ethyl adjacent to an activating group) is 1. The number of thiol groups is 1. The molecule has 0 N–H and O–H groups in total. The number of hydrogen-bond donors (Lipinski definition) is 1. The lowest BCUT2D eigenvalue weighted by Gasteiger charge is -2.16. The number of aryl methyl sites for hydroxylation is 1. The van der Waals surface area contributed by atoms with Gasteiger partial charge < -0.3 is 4.90 Å². The van der Waals surface area contributed by atoms with E-state index in [0.717, 1.165) is 31.7 Å². The van der Waals surface area contributed by atoms with Crippen molar-refractivity contribution in [2.75, 3.05) is 25.9 Å². The van der Waals surface area contributed by atoms with Gasteiger partial charge in [0.1, 0.15) is 0 Å². The first-order valence-electron chi connectivity index (χ1n) is 5.68. The molecule has 3 heteroatoms. The largest absolute Gasteiger partial charge is 0.306 e. The summed E-state index contributed by atoms with van der Waals surface area (Å²) < 4.78 is 1.17. The topological polar surface area (TPSA) is 3.24 Å². The fourth-order valence-electron chi connectivity index (χ4n) is 1.67. The third-order valence-electron chi connectivity index (χ3n) is 2.77. The van der Waals surface area contributed by atoms with Gasteiger partial charge in [-0.15, -0.1) is 0 Å². The van der Waals surface area contributed by atoms with Gasteiger partial charge in [-0.25, -0.2) is 0 Å². The summed E-state index contributed by atoms with van der Waals surface area (Å²) in [4.78, 5) is 2.37. The lowest BCUT2D eigenvalue weighted by atomic mass is 10.1. The van der Waals surface area contributed by atoms with Gasteiger partial charge in [-0.05, 0) is 62.4 Å². The molecule has 0 aromatic heterocycles. The van der Waals surface area contributed by atoms with Gasteiger partial charge in [-0.2, -0.15) is 12.6 Å². The number of rotatable bonds is 6. The van der Waals surface area contributed by atoms with Gasteiger partial charge in [0, 0.05) is 11.0 Å². The Hall–Kier alpha value is 0.01000. The Morgan fingerprint density at radius 1 is 1.31 bits per heavy atom. The summed E-state index contributed by atoms with van der Waals surface area (Å²) in [5, 5.41) is 0. The third kappa shape index (κ3) is 4.89. The summed E-state index contributed by atoms with van der Waals surface area (Å²) >= 11 is 7.75. The van der Waals surface area contributed by atoms with Crippen molar-refractivity contribution >= 4 is 28.6 Å². The number of halogens is 1. The quantitative estimate of drug-likeness (QED) is 0.787. The Morgan fingerprint density at radius 3 is 2.75 bits per heavy atom. The van der Waals surface area contributed by atoms with E-state index in [0.29, 0.717) is 0 Å². The summed E-state index contributed by atoms with van der Waals surface area (Å²) in [7, 11) is 2.18. The molecule has 1 aromatic rings. The average molecular weight is 302 g/mol. The van der Waals surface area contributed by atoms with Crippen LogP contribution < -0.4 is 0 Å². The molecule has 0 radical (unpaired) electrons. The fourth-order valence-corrected chi connectivity index (χ4v) is 2.22. The average Bonchev–Trinajstić information content (AvgIpc) is 2.27. The molecule has 0 bridgehead atoms. The van der Waals surface area contributed by atoms with Gasteiger partial charge in [0.2, 0.25) is 0 Å². The number of nitrogens with zero attached hydrogens (tertiary/aromatic N) is 1. The van der Waals surface area contributed by atoms with E-state index in [-0.39, 0.29) is 0 Å². The van der Waals surface area contributed by atoms with E-state index < -0.39 is 0 Å². The molecule has 1 nitrogen and oxygen atoms in total. The van der Waals surface area contributed by atoms with E-state index in [1.165, 1.54) is 15.6 Å². The molecule has 0 aliphatic carbocycles. The maximum atomic E-state index is 4.23. The molecule has 0 amide bonds. The van der Waals surface area contributed by atoms with E-state index in [2.05, 4.69) is 65.6 Å². The lowest BCUT2D eigenvalue weighted by molar-refractivity contribution is 0.340. The van der Waals surface area contributed by atoms with Gasteiger partial charge in [0.25, 0.3) is 0 Å². The van der Waals surface area contributed by atoms with Gasteiger partial charge in [-0.1, -0.05) is 22.0 Å². The van der Waals surface area contributed by atoms with Crippen LogP contribution in [0.25, 0.3) is 0 Å². The van der Waals surface area contributed by atoms with Crippen molar-refractivity contribution in [3.63, 3.8) is 0 Å². The molecule has 1 aromatic carbocycles. The molecule has 0 atom stereocenters. The van der Waals surface area contributed by atoms with Crippen LogP contribution in [-0.4, -0.2) is 30.8 Å². The molecular formula is C13H20BrNS. The monoisotopic (exact) mass is 301 g/mol. The second-order valence-electron chi connectivity index (χ2n) is 4.20. The Kier molecular flexibility index (Phi) is 6.47. The number of hydrogen-bond acceptors (Lipinski definition) is 2. The zero-order chi connectivity index (χ0) is 12.0. The molecular weight excluding hydrogens is 282 g/mol. The SMILES string of the molecule is Cc1ccc(Br)cc1CCN(C)CCCS. The van der Waals surface area contributed by atoms with E-state index in [9.17, 15) is 0 Å². The van der Waals surface area contributed by atoms with Crippen molar-refractivity contribution in [3.8, 4) is 0 Å². The molecule has 0 spiro atoms. The van der Waals surface area contributed by atoms with Crippen molar-refractivity contribution in [3.05, 3.63) is 33.8 Å². The normalized spacial score (nSPS) is 11.1. The fraction of sp³-hybridized carbons (Fsp3) is 0.538. The summed E-state index contributed by atoms with van der Waals surface area (Å²) in [5.41, 5.74) is 2.82. The minimum atomic E-state index is 0.972. The molecule has 0 heterocycles. The highest BCUT2D eigenvalue weighted by Gasteiger charge is 2.02. The van der Waals surface area contributed by atoms with Crippen molar-refractivity contribution in [1.82, 2.24) is 4.90 Å². The van der Waals surface area contributed by atoms with Gasteiger partial charge in [0.05, 0.1) is 0 Å². The minimum absolute atomic E-state index is 0.972. The van der Waals surface area contributed by atoms with E-state index in [1.807, 2.05) is 0 Å². The highest BCUT2D eigenvalue weighted by molar-refractivity contribution is 9.10. The maximum absolute atomic E-state index is 4.23. The molecule has 0 fully saturated rings. The molecule has 16 heavy (non-hydrogen) atoms. The van der Waals surface area contributed by atoms with Crippen LogP contribution >= 0.6 is 28.6 Å². The van der Waals surface area contributed by atoms with Crippen LogP contribution in [0.4, 0.5) is 0 Å². The highest BCUT2D eigenvalue weighted by Crippen LogP contribution is 2.16. The zero-order valence-electron chi connectivity index (χ0n) is 10.0. The Bertz CT molecular complexity index is 328. The predicted molar refractivity (Wildman–Crippen MR) is 78.6 cm³/mol. The Labute approximate surface area is 113 Å². The van der Waals surface area contributed by atoms with Gasteiger partial charge >= 0.3 is 0 Å². The van der Waals surface area contributed by atoms with Crippen molar-refractivity contribution in [2.45, 2.75) is 19.8 Å². The third-order valence-corrected chi connectivity index (χ3v) is 3.58. The van der Waals surface area contributed by atoms with E-state index >= 15 is 0 Å². The highest BCUT2D eigenvalue weighted by atomic mass is 79.9. The summed E-state index contributed by atoms with van der Waals surface area (Å²) in [5.74, 6) is 0.972. The second kappa shape index (κ2) is 7.36. The van der Waals surface area contributed by atoms with Crippen LogP contribution in [0.2, 0.25) is 0 Å². The van der Waals surface area contributed by atoms with Crippen LogP contribution in [0, 0.1) is 6.92 Å². The molecule has 0 aliphatic rings. The first-order chi connectivity index (χ1) is 7.63. The van der Waals surface area contributed by atoms with Gasteiger partial charge in [0.15, 0.2) is 0 Å². The Morgan fingerprint density at radius 2 is 2.06 bits per heavy atom. The molecule has 90 valence electrons. The van der Waals surface area contributed by atoms with Gasteiger partial charge in [-0.3, -0.25) is 0 Å².